The van der Waals surface area contributed by atoms with Gasteiger partial charge in [-0.05, 0) is 38.0 Å². The van der Waals surface area contributed by atoms with E-state index in [2.05, 4.69) is 15.3 Å². The molecule has 2 aliphatic heterocycles. The number of amides is 1. The van der Waals surface area contributed by atoms with E-state index in [9.17, 15) is 14.4 Å². The molecule has 1 fully saturated rings. The number of fused-ring (bicyclic) bond motifs is 1. The lowest BCUT2D eigenvalue weighted by atomic mass is 9.88. The van der Waals surface area contributed by atoms with Crippen molar-refractivity contribution in [2.24, 2.45) is 5.92 Å². The Bertz CT molecular complexity index is 967. The van der Waals surface area contributed by atoms with Crippen LogP contribution in [-0.2, 0) is 4.79 Å². The van der Waals surface area contributed by atoms with Crippen LogP contribution < -0.4 is 15.0 Å². The van der Waals surface area contributed by atoms with E-state index in [0.717, 1.165) is 0 Å². The van der Waals surface area contributed by atoms with Crippen molar-refractivity contribution >= 4 is 29.2 Å². The number of carbonyl (C=O) groups is 3. The highest BCUT2D eigenvalue weighted by Crippen LogP contribution is 2.32. The first-order chi connectivity index (χ1) is 13.9. The number of anilines is 2. The average molecular weight is 396 g/mol. The van der Waals surface area contributed by atoms with Crippen molar-refractivity contribution in [1.82, 2.24) is 9.97 Å². The fraction of sp³-hybridized carbons (Fsp3) is 0.350. The van der Waals surface area contributed by atoms with Gasteiger partial charge in [-0.1, -0.05) is 0 Å². The van der Waals surface area contributed by atoms with Crippen molar-refractivity contribution in [3.63, 3.8) is 0 Å². The number of aromatic carboxylic acids is 1. The molecule has 2 N–H and O–H groups in total. The van der Waals surface area contributed by atoms with Crippen LogP contribution in [0.5, 0.6) is 5.75 Å². The van der Waals surface area contributed by atoms with Crippen molar-refractivity contribution in [3.05, 3.63) is 41.9 Å². The summed E-state index contributed by atoms with van der Waals surface area (Å²) in [7, 11) is 0. The fourth-order valence-corrected chi connectivity index (χ4v) is 3.56. The van der Waals surface area contributed by atoms with Gasteiger partial charge in [-0.3, -0.25) is 9.59 Å². The Morgan fingerprint density at radius 2 is 1.97 bits per heavy atom. The van der Waals surface area contributed by atoms with Gasteiger partial charge in [-0.2, -0.15) is 0 Å². The molecule has 2 aromatic rings. The lowest BCUT2D eigenvalue weighted by molar-refractivity contribution is -0.122. The second-order valence-corrected chi connectivity index (χ2v) is 7.15. The first-order valence-corrected chi connectivity index (χ1v) is 9.38. The summed E-state index contributed by atoms with van der Waals surface area (Å²) in [6.07, 6.45) is 3.43. The average Bonchev–Trinajstić information content (AvgIpc) is 2.74. The highest BCUT2D eigenvalue weighted by molar-refractivity contribution is 6.02. The van der Waals surface area contributed by atoms with Crippen LogP contribution in [0.15, 0.2) is 30.6 Å². The van der Waals surface area contributed by atoms with E-state index >= 15 is 0 Å². The van der Waals surface area contributed by atoms with E-state index in [-0.39, 0.29) is 23.3 Å². The molecule has 1 unspecified atom stereocenters. The minimum absolute atomic E-state index is 0.0348. The number of carbonyl (C=O) groups excluding carboxylic acids is 2. The predicted molar refractivity (Wildman–Crippen MR) is 103 cm³/mol. The zero-order valence-corrected chi connectivity index (χ0v) is 15.8. The molecule has 150 valence electrons. The van der Waals surface area contributed by atoms with Crippen LogP contribution >= 0.6 is 0 Å². The zero-order chi connectivity index (χ0) is 20.5. The molecule has 0 aliphatic carbocycles. The number of rotatable bonds is 4. The lowest BCUT2D eigenvalue weighted by Crippen LogP contribution is -2.37. The van der Waals surface area contributed by atoms with Crippen LogP contribution in [0.25, 0.3) is 0 Å². The molecule has 4 rings (SSSR count). The molecular weight excluding hydrogens is 376 g/mol. The number of nitrogens with one attached hydrogen (secondary N) is 1. The summed E-state index contributed by atoms with van der Waals surface area (Å²) in [5, 5.41) is 11.7. The van der Waals surface area contributed by atoms with Gasteiger partial charge < -0.3 is 20.1 Å². The second kappa shape index (κ2) is 7.50. The summed E-state index contributed by atoms with van der Waals surface area (Å²) >= 11 is 0. The number of hydrogen-bond acceptors (Lipinski definition) is 7. The number of ketones is 1. The van der Waals surface area contributed by atoms with Crippen LogP contribution in [0.1, 0.15) is 40.6 Å². The molecule has 1 amide bonds. The van der Waals surface area contributed by atoms with Gasteiger partial charge in [0.05, 0.1) is 18.1 Å². The summed E-state index contributed by atoms with van der Waals surface area (Å²) < 4.78 is 5.53. The maximum absolute atomic E-state index is 12.9. The number of Topliss-reactive ketones (excluding diaryl/α,β-unsaturated/α-hetero) is 1. The van der Waals surface area contributed by atoms with E-state index < -0.39 is 12.1 Å². The highest BCUT2D eigenvalue weighted by Gasteiger charge is 2.29. The third kappa shape index (κ3) is 3.75. The molecule has 0 spiro atoms. The van der Waals surface area contributed by atoms with Crippen molar-refractivity contribution in [3.8, 4) is 5.75 Å². The number of ether oxygens (including phenoxy) is 1. The Balaban J connectivity index is 1.41. The minimum atomic E-state index is -1.12. The Morgan fingerprint density at radius 3 is 2.62 bits per heavy atom. The third-order valence-electron chi connectivity index (χ3n) is 5.24. The Hall–Kier alpha value is -3.49. The Kier molecular flexibility index (Phi) is 4.87. The van der Waals surface area contributed by atoms with Gasteiger partial charge in [-0.15, -0.1) is 0 Å². The molecule has 2 aliphatic rings. The Labute approximate surface area is 166 Å². The number of benzene rings is 1. The van der Waals surface area contributed by atoms with Gasteiger partial charge in [0.25, 0.3) is 5.91 Å². The first kappa shape index (κ1) is 18.9. The van der Waals surface area contributed by atoms with E-state index in [4.69, 9.17) is 9.84 Å². The number of carboxylic acids is 1. The first-order valence-electron chi connectivity index (χ1n) is 9.38. The number of hydrogen-bond donors (Lipinski definition) is 2. The topological polar surface area (TPSA) is 122 Å². The quantitative estimate of drug-likeness (QED) is 0.753. The molecule has 9 heteroatoms. The molecule has 29 heavy (non-hydrogen) atoms. The van der Waals surface area contributed by atoms with Crippen LogP contribution in [0, 0.1) is 5.92 Å². The smallest absolute Gasteiger partial charge is 0.356 e. The lowest BCUT2D eigenvalue weighted by Gasteiger charge is -2.32. The summed E-state index contributed by atoms with van der Waals surface area (Å²) in [4.78, 5) is 45.6. The van der Waals surface area contributed by atoms with Crippen molar-refractivity contribution in [2.45, 2.75) is 25.9 Å². The summed E-state index contributed by atoms with van der Waals surface area (Å²) in [6, 6.07) is 5.12. The molecule has 0 bridgehead atoms. The summed E-state index contributed by atoms with van der Waals surface area (Å²) in [6.45, 7) is 2.92. The molecule has 1 aromatic heterocycles. The minimum Gasteiger partial charge on any atom is -0.479 e. The van der Waals surface area contributed by atoms with Gasteiger partial charge in [-0.25, -0.2) is 14.8 Å². The van der Waals surface area contributed by atoms with Gasteiger partial charge in [0.1, 0.15) is 11.6 Å². The molecule has 9 nitrogen and oxygen atoms in total. The molecule has 0 saturated carbocycles. The largest absolute Gasteiger partial charge is 0.479 e. The van der Waals surface area contributed by atoms with Gasteiger partial charge in [0.2, 0.25) is 0 Å². The number of nitrogens with zero attached hydrogens (tertiary/aromatic N) is 3. The van der Waals surface area contributed by atoms with Gasteiger partial charge in [0, 0.05) is 24.6 Å². The standard InChI is InChI=1S/C20H20N4O5/c1-11-19(26)23-14-8-13(2-3-16(14)29-11)18(25)12-4-6-24(7-5-12)17-10-21-15(9-22-17)20(27)28/h2-3,8-12H,4-7H2,1H3,(H,23,26)(H,27,28). The molecule has 1 aromatic carbocycles. The molecule has 3 heterocycles. The third-order valence-corrected chi connectivity index (χ3v) is 5.24. The maximum Gasteiger partial charge on any atom is 0.356 e. The zero-order valence-electron chi connectivity index (χ0n) is 15.8. The number of carboxylic acid groups (broad SMARTS) is 1. The van der Waals surface area contributed by atoms with Gasteiger partial charge >= 0.3 is 5.97 Å². The van der Waals surface area contributed by atoms with Crippen molar-refractivity contribution in [1.29, 1.82) is 0 Å². The molecule has 0 radical (unpaired) electrons. The van der Waals surface area contributed by atoms with Crippen LogP contribution in [-0.4, -0.2) is 51.9 Å². The van der Waals surface area contributed by atoms with Crippen LogP contribution in [0.3, 0.4) is 0 Å². The van der Waals surface area contributed by atoms with E-state index in [1.807, 2.05) is 4.90 Å². The monoisotopic (exact) mass is 396 g/mol. The number of aromatic nitrogens is 2. The summed E-state index contributed by atoms with van der Waals surface area (Å²) in [5.74, 6) is -0.280. The molecule has 1 saturated heterocycles. The second-order valence-electron chi connectivity index (χ2n) is 7.15. The SMILES string of the molecule is CC1Oc2ccc(C(=O)C3CCN(c4cnc(C(=O)O)cn4)CC3)cc2NC1=O. The van der Waals surface area contributed by atoms with Crippen molar-refractivity contribution < 1.29 is 24.2 Å². The van der Waals surface area contributed by atoms with E-state index in [0.29, 0.717) is 48.7 Å². The van der Waals surface area contributed by atoms with E-state index in [1.54, 1.807) is 25.1 Å². The van der Waals surface area contributed by atoms with Crippen molar-refractivity contribution in [2.75, 3.05) is 23.3 Å². The Morgan fingerprint density at radius 1 is 1.21 bits per heavy atom. The normalized spacial score (nSPS) is 19.1. The van der Waals surface area contributed by atoms with Crippen LogP contribution in [0.4, 0.5) is 11.5 Å². The van der Waals surface area contributed by atoms with Crippen LogP contribution in [0.2, 0.25) is 0 Å². The van der Waals surface area contributed by atoms with E-state index in [1.165, 1.54) is 12.4 Å². The molecular formula is C20H20N4O5. The summed E-state index contributed by atoms with van der Waals surface area (Å²) in [5.41, 5.74) is 0.966. The maximum atomic E-state index is 12.9. The highest BCUT2D eigenvalue weighted by atomic mass is 16.5. The number of piperidine rings is 1. The van der Waals surface area contributed by atoms with Gasteiger partial charge in [0.15, 0.2) is 17.6 Å². The predicted octanol–water partition coefficient (Wildman–Crippen LogP) is 1.99. The fourth-order valence-electron chi connectivity index (χ4n) is 3.56. The molecule has 1 atom stereocenters.